The summed E-state index contributed by atoms with van der Waals surface area (Å²) in [6, 6.07) is 3.48. The van der Waals surface area contributed by atoms with Crippen molar-refractivity contribution in [1.82, 2.24) is 9.29 Å². The molecule has 2 rings (SSSR count). The maximum atomic E-state index is 11.9. The summed E-state index contributed by atoms with van der Waals surface area (Å²) in [6.45, 7) is -0.276. The number of amides is 1. The van der Waals surface area contributed by atoms with Crippen molar-refractivity contribution in [2.45, 2.75) is 0 Å². The highest BCUT2D eigenvalue weighted by Crippen LogP contribution is 2.36. The smallest absolute Gasteiger partial charge is 0.241 e. The van der Waals surface area contributed by atoms with Gasteiger partial charge in [-0.3, -0.25) is 4.79 Å². The van der Waals surface area contributed by atoms with Crippen LogP contribution >= 0.6 is 11.3 Å². The predicted octanol–water partition coefficient (Wildman–Crippen LogP) is 1.14. The Balaban J connectivity index is 2.19. The molecule has 1 aromatic carbocycles. The van der Waals surface area contributed by atoms with Crippen LogP contribution < -0.4 is 14.8 Å². The Labute approximate surface area is 138 Å². The van der Waals surface area contributed by atoms with E-state index in [-0.39, 0.29) is 6.54 Å². The minimum atomic E-state index is -3.41. The fraction of sp³-hybridized carbons (Fsp3) is 0.385. The molecule has 126 valence electrons. The molecule has 0 bridgehead atoms. The number of hydrogen-bond acceptors (Lipinski definition) is 7. The van der Waals surface area contributed by atoms with Gasteiger partial charge < -0.3 is 14.8 Å². The van der Waals surface area contributed by atoms with E-state index < -0.39 is 15.9 Å². The van der Waals surface area contributed by atoms with Crippen LogP contribution in [0.2, 0.25) is 0 Å². The van der Waals surface area contributed by atoms with E-state index in [1.807, 2.05) is 0 Å². The Morgan fingerprint density at radius 1 is 1.30 bits per heavy atom. The Bertz CT molecular complexity index is 790. The summed E-state index contributed by atoms with van der Waals surface area (Å²) in [7, 11) is 0.990. The normalized spacial score (nSPS) is 11.7. The number of nitrogens with one attached hydrogen (secondary N) is 1. The quantitative estimate of drug-likeness (QED) is 0.831. The number of likely N-dealkylation sites (N-methyl/N-ethyl adjacent to an activating group) is 1. The minimum Gasteiger partial charge on any atom is -0.493 e. The molecule has 0 radical (unpaired) electrons. The first-order chi connectivity index (χ1) is 10.7. The number of aromatic nitrogens is 1. The standard InChI is InChI=1S/C13H17N3O5S2/c1-16(23(4,18)19)7-12(17)15-13-14-8-5-9(20-2)10(21-3)6-11(8)22-13/h5-6H,7H2,1-4H3,(H,14,15,17). The second kappa shape index (κ2) is 6.69. The van der Waals surface area contributed by atoms with Gasteiger partial charge in [0.15, 0.2) is 16.6 Å². The zero-order valence-corrected chi connectivity index (χ0v) is 14.7. The highest BCUT2D eigenvalue weighted by molar-refractivity contribution is 7.88. The van der Waals surface area contributed by atoms with E-state index in [0.29, 0.717) is 22.1 Å². The van der Waals surface area contributed by atoms with Crippen molar-refractivity contribution >= 4 is 42.6 Å². The average molecular weight is 359 g/mol. The van der Waals surface area contributed by atoms with Gasteiger partial charge in [-0.1, -0.05) is 11.3 Å². The van der Waals surface area contributed by atoms with Gasteiger partial charge in [-0.25, -0.2) is 13.4 Å². The number of benzene rings is 1. The molecule has 0 atom stereocenters. The van der Waals surface area contributed by atoms with Crippen LogP contribution in [-0.2, 0) is 14.8 Å². The summed E-state index contributed by atoms with van der Waals surface area (Å²) in [5.41, 5.74) is 0.652. The summed E-state index contributed by atoms with van der Waals surface area (Å²) in [6.07, 6.45) is 1.04. The van der Waals surface area contributed by atoms with Gasteiger partial charge in [-0.05, 0) is 0 Å². The number of fused-ring (bicyclic) bond motifs is 1. The summed E-state index contributed by atoms with van der Waals surface area (Å²) in [5, 5.41) is 2.97. The lowest BCUT2D eigenvalue weighted by Crippen LogP contribution is -2.34. The maximum Gasteiger partial charge on any atom is 0.241 e. The third-order valence-electron chi connectivity index (χ3n) is 3.07. The molecule has 0 saturated carbocycles. The molecule has 0 spiro atoms. The van der Waals surface area contributed by atoms with Crippen LogP contribution in [0, 0.1) is 0 Å². The molecule has 0 unspecified atom stereocenters. The SMILES string of the molecule is COc1cc2nc(NC(=O)CN(C)S(C)(=O)=O)sc2cc1OC. The molecule has 1 N–H and O–H groups in total. The van der Waals surface area contributed by atoms with Gasteiger partial charge in [0.05, 0.1) is 37.2 Å². The van der Waals surface area contributed by atoms with Gasteiger partial charge in [-0.15, -0.1) is 0 Å². The van der Waals surface area contributed by atoms with E-state index in [1.165, 1.54) is 32.6 Å². The van der Waals surface area contributed by atoms with Crippen molar-refractivity contribution in [2.24, 2.45) is 0 Å². The lowest BCUT2D eigenvalue weighted by atomic mass is 10.3. The highest BCUT2D eigenvalue weighted by Gasteiger charge is 2.17. The van der Waals surface area contributed by atoms with E-state index in [0.717, 1.165) is 15.3 Å². The van der Waals surface area contributed by atoms with Crippen LogP contribution in [0.25, 0.3) is 10.2 Å². The summed E-state index contributed by atoms with van der Waals surface area (Å²) in [4.78, 5) is 16.2. The number of ether oxygens (including phenoxy) is 2. The molecule has 2 aromatic rings. The molecule has 23 heavy (non-hydrogen) atoms. The van der Waals surface area contributed by atoms with E-state index in [9.17, 15) is 13.2 Å². The van der Waals surface area contributed by atoms with Crippen molar-refractivity contribution in [3.63, 3.8) is 0 Å². The van der Waals surface area contributed by atoms with Gasteiger partial charge in [0.1, 0.15) is 0 Å². The topological polar surface area (TPSA) is 97.8 Å². The molecule has 10 heteroatoms. The van der Waals surface area contributed by atoms with Gasteiger partial charge in [0.25, 0.3) is 0 Å². The molecule has 8 nitrogen and oxygen atoms in total. The zero-order chi connectivity index (χ0) is 17.2. The largest absolute Gasteiger partial charge is 0.493 e. The average Bonchev–Trinajstić information content (AvgIpc) is 2.85. The molecule has 0 aliphatic carbocycles. The predicted molar refractivity (Wildman–Crippen MR) is 88.8 cm³/mol. The number of hydrogen-bond donors (Lipinski definition) is 1. The lowest BCUT2D eigenvalue weighted by molar-refractivity contribution is -0.116. The molecule has 0 aliphatic rings. The Kier molecular flexibility index (Phi) is 5.07. The lowest BCUT2D eigenvalue weighted by Gasteiger charge is -2.12. The highest BCUT2D eigenvalue weighted by atomic mass is 32.2. The number of nitrogens with zero attached hydrogens (tertiary/aromatic N) is 2. The van der Waals surface area contributed by atoms with Crippen LogP contribution in [0.3, 0.4) is 0 Å². The van der Waals surface area contributed by atoms with Gasteiger partial charge in [0, 0.05) is 19.2 Å². The van der Waals surface area contributed by atoms with E-state index in [2.05, 4.69) is 10.3 Å². The van der Waals surface area contributed by atoms with E-state index in [1.54, 1.807) is 12.1 Å². The van der Waals surface area contributed by atoms with Crippen molar-refractivity contribution in [3.05, 3.63) is 12.1 Å². The van der Waals surface area contributed by atoms with Crippen molar-refractivity contribution < 1.29 is 22.7 Å². The number of sulfonamides is 1. The number of thiazole rings is 1. The molecule has 0 aliphatic heterocycles. The zero-order valence-electron chi connectivity index (χ0n) is 13.1. The van der Waals surface area contributed by atoms with Crippen LogP contribution in [0.5, 0.6) is 11.5 Å². The number of anilines is 1. The van der Waals surface area contributed by atoms with Crippen LogP contribution in [-0.4, -0.2) is 57.7 Å². The Morgan fingerprint density at radius 2 is 1.91 bits per heavy atom. The number of rotatable bonds is 6. The molecule has 0 saturated heterocycles. The molecular formula is C13H17N3O5S2. The molecular weight excluding hydrogens is 342 g/mol. The third-order valence-corrected chi connectivity index (χ3v) is 5.27. The van der Waals surface area contributed by atoms with Gasteiger partial charge >= 0.3 is 0 Å². The fourth-order valence-electron chi connectivity index (χ4n) is 1.79. The molecule has 1 amide bonds. The van der Waals surface area contributed by atoms with Gasteiger partial charge in [0.2, 0.25) is 15.9 Å². The van der Waals surface area contributed by atoms with E-state index in [4.69, 9.17) is 9.47 Å². The Hall–Kier alpha value is -1.91. The molecule has 1 aromatic heterocycles. The molecule has 0 fully saturated rings. The number of methoxy groups -OCH3 is 2. The Morgan fingerprint density at radius 3 is 2.48 bits per heavy atom. The van der Waals surface area contributed by atoms with Crippen LogP contribution in [0.4, 0.5) is 5.13 Å². The molecule has 1 heterocycles. The van der Waals surface area contributed by atoms with Crippen LogP contribution in [0.1, 0.15) is 0 Å². The van der Waals surface area contributed by atoms with Crippen molar-refractivity contribution in [1.29, 1.82) is 0 Å². The number of carbonyl (C=O) groups excluding carboxylic acids is 1. The fourth-order valence-corrected chi connectivity index (χ4v) is 3.03. The first kappa shape index (κ1) is 17.4. The van der Waals surface area contributed by atoms with Crippen LogP contribution in [0.15, 0.2) is 12.1 Å². The third kappa shape index (κ3) is 4.09. The second-order valence-electron chi connectivity index (χ2n) is 4.76. The van der Waals surface area contributed by atoms with Gasteiger partial charge in [-0.2, -0.15) is 4.31 Å². The minimum absolute atomic E-state index is 0.276. The monoisotopic (exact) mass is 359 g/mol. The summed E-state index contributed by atoms with van der Waals surface area (Å²) < 4.78 is 34.8. The summed E-state index contributed by atoms with van der Waals surface area (Å²) in [5.74, 6) is 0.647. The summed E-state index contributed by atoms with van der Waals surface area (Å²) >= 11 is 1.26. The van der Waals surface area contributed by atoms with Crippen molar-refractivity contribution in [2.75, 3.05) is 39.4 Å². The first-order valence-electron chi connectivity index (χ1n) is 6.48. The maximum absolute atomic E-state index is 11.9. The van der Waals surface area contributed by atoms with Crippen molar-refractivity contribution in [3.8, 4) is 11.5 Å². The van der Waals surface area contributed by atoms with E-state index >= 15 is 0 Å². The second-order valence-corrected chi connectivity index (χ2v) is 7.88. The number of carbonyl (C=O) groups is 1. The first-order valence-corrected chi connectivity index (χ1v) is 9.14.